The lowest BCUT2D eigenvalue weighted by molar-refractivity contribution is 0.253. The molecule has 98 valence electrons. The number of rotatable bonds is 3. The van der Waals surface area contributed by atoms with Crippen molar-refractivity contribution < 1.29 is 9.21 Å². The molecule has 0 unspecified atom stereocenters. The normalized spacial score (nSPS) is 9.89. The Morgan fingerprint density at radius 1 is 1.21 bits per heavy atom. The number of hydrogen-bond acceptors (Lipinski definition) is 3. The van der Waals surface area contributed by atoms with Gasteiger partial charge in [0.05, 0.1) is 6.54 Å². The summed E-state index contributed by atoms with van der Waals surface area (Å²) >= 11 is 4.86. The zero-order valence-corrected chi connectivity index (χ0v) is 10.9. The van der Waals surface area contributed by atoms with Crippen molar-refractivity contribution in [2.45, 2.75) is 6.54 Å². The van der Waals surface area contributed by atoms with Gasteiger partial charge in [-0.1, -0.05) is 30.3 Å². The molecule has 4 N–H and O–H groups in total. The summed E-state index contributed by atoms with van der Waals surface area (Å²) in [4.78, 5) is 10.6. The molecule has 0 atom stereocenters. The smallest absolute Gasteiger partial charge is 0.318 e. The molecule has 1 aromatic carbocycles. The molecule has 0 saturated carbocycles. The monoisotopic (exact) mass is 275 g/mol. The average Bonchev–Trinajstić information content (AvgIpc) is 2.85. The summed E-state index contributed by atoms with van der Waals surface area (Å²) < 4.78 is 5.66. The van der Waals surface area contributed by atoms with Gasteiger partial charge in [-0.2, -0.15) is 0 Å². The van der Waals surface area contributed by atoms with Gasteiger partial charge in [0.25, 0.3) is 0 Å². The number of amides is 2. The molecule has 0 bridgehead atoms. The summed E-state index contributed by atoms with van der Waals surface area (Å²) in [5.74, 6) is 1.50. The van der Waals surface area contributed by atoms with E-state index in [9.17, 15) is 4.79 Å². The first-order valence-corrected chi connectivity index (χ1v) is 6.04. The maximum absolute atomic E-state index is 10.6. The van der Waals surface area contributed by atoms with E-state index in [4.69, 9.17) is 22.4 Å². The molecule has 0 saturated heterocycles. The Morgan fingerprint density at radius 2 is 1.95 bits per heavy atom. The second-order valence-electron chi connectivity index (χ2n) is 3.80. The highest BCUT2D eigenvalue weighted by molar-refractivity contribution is 7.80. The number of benzene rings is 1. The van der Waals surface area contributed by atoms with Crippen molar-refractivity contribution in [3.05, 3.63) is 48.2 Å². The van der Waals surface area contributed by atoms with Gasteiger partial charge < -0.3 is 15.5 Å². The van der Waals surface area contributed by atoms with E-state index >= 15 is 0 Å². The minimum absolute atomic E-state index is 0.171. The van der Waals surface area contributed by atoms with Crippen molar-refractivity contribution >= 4 is 23.4 Å². The lowest BCUT2D eigenvalue weighted by atomic mass is 10.2. The van der Waals surface area contributed by atoms with E-state index in [0.29, 0.717) is 12.3 Å². The standard InChI is InChI=1S/C13H13N3O2S/c14-12(17)16-13(19)15-8-10-6-7-11(18-10)9-4-2-1-3-5-9/h1-7H,8H2,(H4,14,15,16,17,19). The van der Waals surface area contributed by atoms with Crippen molar-refractivity contribution in [2.75, 3.05) is 0 Å². The van der Waals surface area contributed by atoms with E-state index in [1.54, 1.807) is 0 Å². The number of hydrogen-bond donors (Lipinski definition) is 3. The Morgan fingerprint density at radius 3 is 2.63 bits per heavy atom. The average molecular weight is 275 g/mol. The Hall–Kier alpha value is -2.34. The summed E-state index contributed by atoms with van der Waals surface area (Å²) in [5, 5.41) is 5.26. The zero-order chi connectivity index (χ0) is 13.7. The molecule has 19 heavy (non-hydrogen) atoms. The predicted octanol–water partition coefficient (Wildman–Crippen LogP) is 1.99. The number of nitrogens with two attached hydrogens (primary N) is 1. The molecular weight excluding hydrogens is 262 g/mol. The molecule has 5 nitrogen and oxygen atoms in total. The van der Waals surface area contributed by atoms with Gasteiger partial charge in [0.1, 0.15) is 11.5 Å². The Kier molecular flexibility index (Phi) is 4.15. The Balaban J connectivity index is 1.95. The van der Waals surface area contributed by atoms with E-state index in [1.807, 2.05) is 42.5 Å². The fourth-order valence-corrected chi connectivity index (χ4v) is 1.73. The molecule has 0 fully saturated rings. The zero-order valence-electron chi connectivity index (χ0n) is 10.1. The van der Waals surface area contributed by atoms with Crippen molar-refractivity contribution in [1.82, 2.24) is 10.6 Å². The van der Waals surface area contributed by atoms with Gasteiger partial charge in [-0.25, -0.2) is 4.79 Å². The van der Waals surface area contributed by atoms with Crippen LogP contribution in [0.3, 0.4) is 0 Å². The van der Waals surface area contributed by atoms with Gasteiger partial charge in [-0.15, -0.1) is 0 Å². The number of nitrogens with one attached hydrogen (secondary N) is 2. The molecule has 1 aromatic heterocycles. The lowest BCUT2D eigenvalue weighted by Gasteiger charge is -2.05. The first-order valence-electron chi connectivity index (χ1n) is 5.63. The van der Waals surface area contributed by atoms with E-state index < -0.39 is 6.03 Å². The van der Waals surface area contributed by atoms with E-state index in [-0.39, 0.29) is 5.11 Å². The van der Waals surface area contributed by atoms with Crippen molar-refractivity contribution in [3.63, 3.8) is 0 Å². The van der Waals surface area contributed by atoms with Crippen LogP contribution in [0, 0.1) is 0 Å². The Bertz CT molecular complexity index is 581. The first kappa shape index (κ1) is 13.1. The molecule has 2 aromatic rings. The predicted molar refractivity (Wildman–Crippen MR) is 76.3 cm³/mol. The van der Waals surface area contributed by atoms with Crippen LogP contribution >= 0.6 is 12.2 Å². The van der Waals surface area contributed by atoms with Crippen LogP contribution < -0.4 is 16.4 Å². The van der Waals surface area contributed by atoms with Crippen LogP contribution in [0.15, 0.2) is 46.9 Å². The number of carbonyl (C=O) groups is 1. The van der Waals surface area contributed by atoms with Crippen LogP contribution in [0.25, 0.3) is 11.3 Å². The van der Waals surface area contributed by atoms with Gasteiger partial charge in [-0.3, -0.25) is 5.32 Å². The Labute approximate surface area is 115 Å². The van der Waals surface area contributed by atoms with Gasteiger partial charge in [0.2, 0.25) is 0 Å². The van der Waals surface area contributed by atoms with Crippen LogP contribution in [-0.4, -0.2) is 11.1 Å². The minimum Gasteiger partial charge on any atom is -0.459 e. The maximum atomic E-state index is 10.6. The first-order chi connectivity index (χ1) is 9.15. The van der Waals surface area contributed by atoms with Crippen LogP contribution in [0.1, 0.15) is 5.76 Å². The van der Waals surface area contributed by atoms with Crippen molar-refractivity contribution in [1.29, 1.82) is 0 Å². The fraction of sp³-hybridized carbons (Fsp3) is 0.0769. The quantitative estimate of drug-likeness (QED) is 0.748. The van der Waals surface area contributed by atoms with E-state index in [1.165, 1.54) is 0 Å². The molecule has 2 amide bonds. The molecule has 0 aliphatic carbocycles. The molecule has 6 heteroatoms. The third-order valence-corrected chi connectivity index (χ3v) is 2.63. The highest BCUT2D eigenvalue weighted by atomic mass is 32.1. The fourth-order valence-electron chi connectivity index (χ4n) is 1.55. The van der Waals surface area contributed by atoms with Crippen LogP contribution in [-0.2, 0) is 6.54 Å². The maximum Gasteiger partial charge on any atom is 0.318 e. The van der Waals surface area contributed by atoms with Crippen molar-refractivity contribution in [3.8, 4) is 11.3 Å². The number of thiocarbonyl (C=S) groups is 1. The number of primary amides is 1. The molecular formula is C13H13N3O2S. The summed E-state index contributed by atoms with van der Waals surface area (Å²) in [6, 6.07) is 12.8. The minimum atomic E-state index is -0.693. The third kappa shape index (κ3) is 3.82. The molecule has 0 spiro atoms. The van der Waals surface area contributed by atoms with Crippen LogP contribution in [0.2, 0.25) is 0 Å². The SMILES string of the molecule is NC(=O)NC(=S)NCc1ccc(-c2ccccc2)o1. The molecule has 2 rings (SSSR count). The lowest BCUT2D eigenvalue weighted by Crippen LogP contribution is -2.41. The van der Waals surface area contributed by atoms with Gasteiger partial charge in [0, 0.05) is 5.56 Å². The van der Waals surface area contributed by atoms with Crippen LogP contribution in [0.5, 0.6) is 0 Å². The van der Waals surface area contributed by atoms with Crippen LogP contribution in [0.4, 0.5) is 4.79 Å². The molecule has 1 heterocycles. The van der Waals surface area contributed by atoms with Gasteiger partial charge in [0.15, 0.2) is 5.11 Å². The summed E-state index contributed by atoms with van der Waals surface area (Å²) in [6.45, 7) is 0.381. The second kappa shape index (κ2) is 6.01. The summed E-state index contributed by atoms with van der Waals surface area (Å²) in [5.41, 5.74) is 5.95. The molecule has 0 radical (unpaired) electrons. The molecule has 0 aliphatic rings. The summed E-state index contributed by atoms with van der Waals surface area (Å²) in [6.07, 6.45) is 0. The highest BCUT2D eigenvalue weighted by Gasteiger charge is 2.05. The third-order valence-electron chi connectivity index (χ3n) is 2.38. The second-order valence-corrected chi connectivity index (χ2v) is 4.21. The van der Waals surface area contributed by atoms with E-state index in [0.717, 1.165) is 11.3 Å². The molecule has 0 aliphatic heterocycles. The number of furan rings is 1. The van der Waals surface area contributed by atoms with E-state index in [2.05, 4.69) is 10.6 Å². The number of carbonyl (C=O) groups excluding carboxylic acids is 1. The van der Waals surface area contributed by atoms with Gasteiger partial charge >= 0.3 is 6.03 Å². The van der Waals surface area contributed by atoms with Crippen molar-refractivity contribution in [2.24, 2.45) is 5.73 Å². The van der Waals surface area contributed by atoms with Gasteiger partial charge in [-0.05, 0) is 24.4 Å². The largest absolute Gasteiger partial charge is 0.459 e. The topological polar surface area (TPSA) is 80.3 Å². The highest BCUT2D eigenvalue weighted by Crippen LogP contribution is 2.21. The number of urea groups is 1. The summed E-state index contributed by atoms with van der Waals surface area (Å²) in [7, 11) is 0.